The van der Waals surface area contributed by atoms with Crippen molar-refractivity contribution in [2.45, 2.75) is 38.3 Å². The molecule has 37 heavy (non-hydrogen) atoms. The van der Waals surface area contributed by atoms with Gasteiger partial charge in [-0.3, -0.25) is 13.9 Å². The van der Waals surface area contributed by atoms with E-state index < -0.39 is 46.1 Å². The third kappa shape index (κ3) is 6.91. The number of nitrogens with one attached hydrogen (secondary N) is 1. The third-order valence-electron chi connectivity index (χ3n) is 5.79. The largest absolute Gasteiger partial charge is 0.355 e. The summed E-state index contributed by atoms with van der Waals surface area (Å²) in [4.78, 5) is 27.5. The molecule has 7 nitrogen and oxygen atoms in total. The molecular formula is C27H29F2N3O4S. The molecule has 0 saturated heterocycles. The Bertz CT molecular complexity index is 1330. The van der Waals surface area contributed by atoms with Gasteiger partial charge in [0.25, 0.3) is 10.0 Å². The van der Waals surface area contributed by atoms with Crippen LogP contribution in [0.5, 0.6) is 0 Å². The molecule has 2 amide bonds. The molecule has 0 spiro atoms. The molecule has 0 aliphatic rings. The summed E-state index contributed by atoms with van der Waals surface area (Å²) < 4.78 is 55.2. The first-order valence-electron chi connectivity index (χ1n) is 11.7. The number of amides is 2. The van der Waals surface area contributed by atoms with Gasteiger partial charge in [-0.25, -0.2) is 17.2 Å². The Hall–Kier alpha value is -3.79. The second-order valence-electron chi connectivity index (χ2n) is 8.52. The molecule has 3 rings (SSSR count). The van der Waals surface area contributed by atoms with E-state index in [1.165, 1.54) is 60.4 Å². The van der Waals surface area contributed by atoms with Crippen molar-refractivity contribution in [2.24, 2.45) is 0 Å². The van der Waals surface area contributed by atoms with Crippen molar-refractivity contribution < 1.29 is 26.8 Å². The van der Waals surface area contributed by atoms with Crippen molar-refractivity contribution >= 4 is 27.5 Å². The number of aryl methyl sites for hydroxylation is 1. The zero-order valence-electron chi connectivity index (χ0n) is 20.8. The Balaban J connectivity index is 2.01. The highest BCUT2D eigenvalue weighted by Crippen LogP contribution is 2.25. The smallest absolute Gasteiger partial charge is 0.264 e. The van der Waals surface area contributed by atoms with Crippen LogP contribution in [-0.2, 0) is 26.2 Å². The second kappa shape index (κ2) is 12.0. The monoisotopic (exact) mass is 529 g/mol. The van der Waals surface area contributed by atoms with Gasteiger partial charge in [0, 0.05) is 13.1 Å². The fourth-order valence-corrected chi connectivity index (χ4v) is 5.08. The zero-order chi connectivity index (χ0) is 27.2. The molecule has 0 heterocycles. The van der Waals surface area contributed by atoms with Crippen LogP contribution in [0, 0.1) is 18.6 Å². The zero-order valence-corrected chi connectivity index (χ0v) is 21.6. The summed E-state index contributed by atoms with van der Waals surface area (Å²) in [6.45, 7) is 4.72. The summed E-state index contributed by atoms with van der Waals surface area (Å²) >= 11 is 0. The lowest BCUT2D eigenvalue weighted by atomic mass is 10.1. The van der Waals surface area contributed by atoms with Gasteiger partial charge < -0.3 is 10.2 Å². The Morgan fingerprint density at radius 2 is 1.43 bits per heavy atom. The number of anilines is 1. The molecule has 0 saturated carbocycles. The summed E-state index contributed by atoms with van der Waals surface area (Å²) in [5.41, 5.74) is 1.49. The maximum atomic E-state index is 13.6. The Morgan fingerprint density at radius 3 is 1.97 bits per heavy atom. The number of halogens is 2. The molecule has 10 heteroatoms. The number of carbonyl (C=O) groups is 2. The Morgan fingerprint density at radius 1 is 0.892 bits per heavy atom. The molecule has 196 valence electrons. The predicted octanol–water partition coefficient (Wildman–Crippen LogP) is 4.02. The topological polar surface area (TPSA) is 86.8 Å². The molecule has 0 unspecified atom stereocenters. The van der Waals surface area contributed by atoms with Crippen molar-refractivity contribution in [3.63, 3.8) is 0 Å². The number of carbonyl (C=O) groups excluding carboxylic acids is 2. The number of nitrogens with zero attached hydrogens (tertiary/aromatic N) is 2. The normalized spacial score (nSPS) is 12.0. The predicted molar refractivity (Wildman–Crippen MR) is 137 cm³/mol. The molecule has 1 atom stereocenters. The lowest BCUT2D eigenvalue weighted by Crippen LogP contribution is -2.51. The lowest BCUT2D eigenvalue weighted by molar-refractivity contribution is -0.139. The van der Waals surface area contributed by atoms with E-state index in [4.69, 9.17) is 0 Å². The molecule has 0 bridgehead atoms. The maximum Gasteiger partial charge on any atom is 0.264 e. The summed E-state index contributed by atoms with van der Waals surface area (Å²) in [5, 5.41) is 2.66. The highest BCUT2D eigenvalue weighted by Gasteiger charge is 2.32. The van der Waals surface area contributed by atoms with Gasteiger partial charge in [0.05, 0.1) is 10.6 Å². The minimum Gasteiger partial charge on any atom is -0.355 e. The maximum absolute atomic E-state index is 13.6. The molecule has 0 fully saturated rings. The molecule has 3 aromatic rings. The summed E-state index contributed by atoms with van der Waals surface area (Å²) in [6.07, 6.45) is 0. The minimum absolute atomic E-state index is 0.0444. The summed E-state index contributed by atoms with van der Waals surface area (Å²) in [6, 6.07) is 15.4. The second-order valence-corrected chi connectivity index (χ2v) is 10.4. The van der Waals surface area contributed by atoms with Gasteiger partial charge in [-0.05, 0) is 74.9 Å². The number of likely N-dealkylation sites (N-methyl/N-ethyl adjacent to an activating group) is 1. The standard InChI is InChI=1S/C27H29F2N3O4S/c1-4-30-27(34)20(3)31(17-21-7-9-22(28)10-8-21)26(33)18-32(24-13-11-23(29)12-14-24)37(35,36)25-15-5-19(2)6-16-25/h5-16,20H,4,17-18H2,1-3H3,(H,30,34)/t20-/m0/s1. The van der Waals surface area contributed by atoms with Crippen LogP contribution in [0.2, 0.25) is 0 Å². The van der Waals surface area contributed by atoms with Gasteiger partial charge in [0.2, 0.25) is 11.8 Å². The first-order chi connectivity index (χ1) is 17.5. The Kier molecular flexibility index (Phi) is 8.99. The van der Waals surface area contributed by atoms with Crippen LogP contribution in [-0.4, -0.2) is 44.3 Å². The van der Waals surface area contributed by atoms with Gasteiger partial charge in [-0.1, -0.05) is 29.8 Å². The van der Waals surface area contributed by atoms with Crippen molar-refractivity contribution in [3.05, 3.63) is 95.6 Å². The van der Waals surface area contributed by atoms with E-state index >= 15 is 0 Å². The highest BCUT2D eigenvalue weighted by atomic mass is 32.2. The van der Waals surface area contributed by atoms with E-state index in [9.17, 15) is 26.8 Å². The summed E-state index contributed by atoms with van der Waals surface area (Å²) in [5.74, 6) is -2.11. The fraction of sp³-hybridized carbons (Fsp3) is 0.259. The molecule has 1 N–H and O–H groups in total. The number of benzene rings is 3. The molecule has 0 aromatic heterocycles. The first kappa shape index (κ1) is 27.8. The van der Waals surface area contributed by atoms with Gasteiger partial charge in [0.15, 0.2) is 0 Å². The lowest BCUT2D eigenvalue weighted by Gasteiger charge is -2.32. The van der Waals surface area contributed by atoms with Crippen LogP contribution in [0.15, 0.2) is 77.7 Å². The van der Waals surface area contributed by atoms with Crippen LogP contribution in [0.4, 0.5) is 14.5 Å². The number of sulfonamides is 1. The van der Waals surface area contributed by atoms with Gasteiger partial charge in [0.1, 0.15) is 24.2 Å². The molecule has 3 aromatic carbocycles. The number of hydrogen-bond acceptors (Lipinski definition) is 4. The van der Waals surface area contributed by atoms with Crippen LogP contribution >= 0.6 is 0 Å². The van der Waals surface area contributed by atoms with Crippen LogP contribution in [0.1, 0.15) is 25.0 Å². The van der Waals surface area contributed by atoms with Gasteiger partial charge in [-0.15, -0.1) is 0 Å². The molecule has 0 aliphatic heterocycles. The average Bonchev–Trinajstić information content (AvgIpc) is 2.87. The van der Waals surface area contributed by atoms with E-state index in [0.717, 1.165) is 22.0 Å². The average molecular weight is 530 g/mol. The van der Waals surface area contributed by atoms with Gasteiger partial charge >= 0.3 is 0 Å². The van der Waals surface area contributed by atoms with E-state index in [-0.39, 0.29) is 17.1 Å². The SMILES string of the molecule is CCNC(=O)[C@H](C)N(Cc1ccc(F)cc1)C(=O)CN(c1ccc(F)cc1)S(=O)(=O)c1ccc(C)cc1. The molecule has 0 aliphatic carbocycles. The van der Waals surface area contributed by atoms with Gasteiger partial charge in [-0.2, -0.15) is 0 Å². The quantitative estimate of drug-likeness (QED) is 0.430. The Labute approximate surface area is 215 Å². The fourth-order valence-electron chi connectivity index (χ4n) is 3.66. The van der Waals surface area contributed by atoms with Crippen LogP contribution in [0.3, 0.4) is 0 Å². The molecular weight excluding hydrogens is 500 g/mol. The van der Waals surface area contributed by atoms with Crippen molar-refractivity contribution in [3.8, 4) is 0 Å². The third-order valence-corrected chi connectivity index (χ3v) is 7.58. The first-order valence-corrected chi connectivity index (χ1v) is 13.1. The minimum atomic E-state index is -4.23. The molecule has 0 radical (unpaired) electrons. The summed E-state index contributed by atoms with van der Waals surface area (Å²) in [7, 11) is -4.23. The van der Waals surface area contributed by atoms with Crippen molar-refractivity contribution in [2.75, 3.05) is 17.4 Å². The van der Waals surface area contributed by atoms with E-state index in [0.29, 0.717) is 12.1 Å². The highest BCUT2D eigenvalue weighted by molar-refractivity contribution is 7.92. The number of hydrogen-bond donors (Lipinski definition) is 1. The van der Waals surface area contributed by atoms with E-state index in [2.05, 4.69) is 5.32 Å². The van der Waals surface area contributed by atoms with Crippen molar-refractivity contribution in [1.82, 2.24) is 10.2 Å². The number of rotatable bonds is 10. The van der Waals surface area contributed by atoms with E-state index in [1.54, 1.807) is 19.1 Å². The van der Waals surface area contributed by atoms with Crippen LogP contribution in [0.25, 0.3) is 0 Å². The van der Waals surface area contributed by atoms with Crippen molar-refractivity contribution in [1.29, 1.82) is 0 Å². The van der Waals surface area contributed by atoms with E-state index in [1.807, 2.05) is 6.92 Å². The van der Waals surface area contributed by atoms with Crippen LogP contribution < -0.4 is 9.62 Å².